The Morgan fingerprint density at radius 1 is 1.50 bits per heavy atom. The molecule has 1 unspecified atom stereocenters. The third kappa shape index (κ3) is 4.00. The van der Waals surface area contributed by atoms with Gasteiger partial charge in [-0.3, -0.25) is 4.79 Å². The highest BCUT2D eigenvalue weighted by Crippen LogP contribution is 2.14. The van der Waals surface area contributed by atoms with Crippen molar-refractivity contribution in [1.82, 2.24) is 10.3 Å². The summed E-state index contributed by atoms with van der Waals surface area (Å²) in [6.45, 7) is 3.49. The van der Waals surface area contributed by atoms with E-state index in [0.717, 1.165) is 5.69 Å². The van der Waals surface area contributed by atoms with Gasteiger partial charge in [-0.2, -0.15) is 0 Å². The molecule has 1 atom stereocenters. The lowest BCUT2D eigenvalue weighted by molar-refractivity contribution is -0.141. The van der Waals surface area contributed by atoms with E-state index in [4.69, 9.17) is 16.7 Å². The standard InChI is InChI=1S/C12H15ClN2O3/c1-3-9(12(17)18)15-10(16)6-8-5-4-7(2)14-11(8)13/h4-5,9H,3,6H2,1-2H3,(H,15,16)(H,17,18). The highest BCUT2D eigenvalue weighted by Gasteiger charge is 2.18. The van der Waals surface area contributed by atoms with Crippen molar-refractivity contribution in [2.45, 2.75) is 32.7 Å². The van der Waals surface area contributed by atoms with Crippen molar-refractivity contribution in [3.63, 3.8) is 0 Å². The lowest BCUT2D eigenvalue weighted by Gasteiger charge is -2.12. The Hall–Kier alpha value is -1.62. The Bertz CT molecular complexity index is 463. The molecule has 0 aliphatic carbocycles. The van der Waals surface area contributed by atoms with Gasteiger partial charge in [-0.15, -0.1) is 0 Å². The maximum absolute atomic E-state index is 11.7. The smallest absolute Gasteiger partial charge is 0.326 e. The second-order valence-corrected chi connectivity index (χ2v) is 4.30. The topological polar surface area (TPSA) is 79.3 Å². The number of hydrogen-bond acceptors (Lipinski definition) is 3. The molecule has 1 amide bonds. The molecule has 5 nitrogen and oxygen atoms in total. The fraction of sp³-hybridized carbons (Fsp3) is 0.417. The van der Waals surface area contributed by atoms with Crippen molar-refractivity contribution in [2.75, 3.05) is 0 Å². The van der Waals surface area contributed by atoms with E-state index in [1.165, 1.54) is 0 Å². The first-order chi connectivity index (χ1) is 8.43. The van der Waals surface area contributed by atoms with Crippen LogP contribution in [-0.4, -0.2) is 28.0 Å². The molecular formula is C12H15ClN2O3. The van der Waals surface area contributed by atoms with E-state index >= 15 is 0 Å². The van der Waals surface area contributed by atoms with Crippen molar-refractivity contribution in [3.05, 3.63) is 28.5 Å². The molecule has 98 valence electrons. The van der Waals surface area contributed by atoms with Gasteiger partial charge in [0.15, 0.2) is 0 Å². The van der Waals surface area contributed by atoms with Gasteiger partial charge in [-0.25, -0.2) is 9.78 Å². The van der Waals surface area contributed by atoms with Crippen molar-refractivity contribution in [1.29, 1.82) is 0 Å². The summed E-state index contributed by atoms with van der Waals surface area (Å²) in [6, 6.07) is 2.60. The first-order valence-corrected chi connectivity index (χ1v) is 5.96. The SMILES string of the molecule is CCC(NC(=O)Cc1ccc(C)nc1Cl)C(=O)O. The van der Waals surface area contributed by atoms with Crippen LogP contribution in [0.15, 0.2) is 12.1 Å². The van der Waals surface area contributed by atoms with Crippen LogP contribution in [-0.2, 0) is 16.0 Å². The maximum Gasteiger partial charge on any atom is 0.326 e. The fourth-order valence-electron chi connectivity index (χ4n) is 1.44. The third-order valence-electron chi connectivity index (χ3n) is 2.46. The zero-order valence-electron chi connectivity index (χ0n) is 10.2. The number of aromatic nitrogens is 1. The number of amides is 1. The second-order valence-electron chi connectivity index (χ2n) is 3.95. The van der Waals surface area contributed by atoms with Crippen LogP contribution in [0, 0.1) is 6.92 Å². The summed E-state index contributed by atoms with van der Waals surface area (Å²) in [5, 5.41) is 11.5. The van der Waals surface area contributed by atoms with Crippen LogP contribution in [0.5, 0.6) is 0 Å². The van der Waals surface area contributed by atoms with Crippen LogP contribution < -0.4 is 5.32 Å². The molecule has 2 N–H and O–H groups in total. The molecule has 0 saturated heterocycles. The molecule has 18 heavy (non-hydrogen) atoms. The van der Waals surface area contributed by atoms with Crippen LogP contribution in [0.1, 0.15) is 24.6 Å². The van der Waals surface area contributed by atoms with E-state index in [2.05, 4.69) is 10.3 Å². The van der Waals surface area contributed by atoms with Gasteiger partial charge in [-0.1, -0.05) is 24.6 Å². The van der Waals surface area contributed by atoms with Crippen molar-refractivity contribution in [2.24, 2.45) is 0 Å². The van der Waals surface area contributed by atoms with E-state index in [1.54, 1.807) is 26.0 Å². The molecule has 0 aliphatic heterocycles. The molecule has 6 heteroatoms. The summed E-state index contributed by atoms with van der Waals surface area (Å²) >= 11 is 5.90. The number of carbonyl (C=O) groups is 2. The van der Waals surface area contributed by atoms with E-state index in [0.29, 0.717) is 12.0 Å². The van der Waals surface area contributed by atoms with E-state index < -0.39 is 12.0 Å². The van der Waals surface area contributed by atoms with E-state index in [9.17, 15) is 9.59 Å². The second kappa shape index (κ2) is 6.35. The molecular weight excluding hydrogens is 256 g/mol. The van der Waals surface area contributed by atoms with Crippen LogP contribution >= 0.6 is 11.6 Å². The molecule has 1 heterocycles. The molecule has 0 saturated carbocycles. The van der Waals surface area contributed by atoms with E-state index in [-0.39, 0.29) is 17.5 Å². The molecule has 1 aromatic heterocycles. The average Bonchev–Trinajstić information content (AvgIpc) is 2.29. The number of nitrogens with zero attached hydrogens (tertiary/aromatic N) is 1. The number of rotatable bonds is 5. The summed E-state index contributed by atoms with van der Waals surface area (Å²) in [4.78, 5) is 26.5. The van der Waals surface area contributed by atoms with Gasteiger partial charge in [0.25, 0.3) is 0 Å². The summed E-state index contributed by atoms with van der Waals surface area (Å²) in [5.41, 5.74) is 1.35. The van der Waals surface area contributed by atoms with Gasteiger partial charge in [0.1, 0.15) is 11.2 Å². The van der Waals surface area contributed by atoms with Crippen molar-refractivity contribution >= 4 is 23.5 Å². The van der Waals surface area contributed by atoms with Crippen LogP contribution in [0.4, 0.5) is 0 Å². The zero-order valence-corrected chi connectivity index (χ0v) is 11.0. The van der Waals surface area contributed by atoms with Gasteiger partial charge in [0.05, 0.1) is 6.42 Å². The maximum atomic E-state index is 11.7. The number of aliphatic carboxylic acids is 1. The lowest BCUT2D eigenvalue weighted by Crippen LogP contribution is -2.41. The number of aryl methyl sites for hydroxylation is 1. The highest BCUT2D eigenvalue weighted by atomic mass is 35.5. The van der Waals surface area contributed by atoms with Gasteiger partial charge >= 0.3 is 5.97 Å². The Balaban J connectivity index is 2.67. The number of hydrogen-bond donors (Lipinski definition) is 2. The molecule has 0 fully saturated rings. The number of halogens is 1. The molecule has 0 radical (unpaired) electrons. The third-order valence-corrected chi connectivity index (χ3v) is 2.79. The monoisotopic (exact) mass is 270 g/mol. The number of carboxylic acids is 1. The van der Waals surface area contributed by atoms with Crippen LogP contribution in [0.25, 0.3) is 0 Å². The van der Waals surface area contributed by atoms with Crippen molar-refractivity contribution in [3.8, 4) is 0 Å². The molecule has 0 spiro atoms. The Morgan fingerprint density at radius 3 is 2.67 bits per heavy atom. The van der Waals surface area contributed by atoms with Crippen molar-refractivity contribution < 1.29 is 14.7 Å². The lowest BCUT2D eigenvalue weighted by atomic mass is 10.1. The normalized spacial score (nSPS) is 11.9. The minimum atomic E-state index is -1.04. The highest BCUT2D eigenvalue weighted by molar-refractivity contribution is 6.30. The van der Waals surface area contributed by atoms with Crippen LogP contribution in [0.2, 0.25) is 5.15 Å². The molecule has 0 aliphatic rings. The van der Waals surface area contributed by atoms with Gasteiger partial charge in [0, 0.05) is 5.69 Å². The summed E-state index contributed by atoms with van der Waals surface area (Å²) in [6.07, 6.45) is 0.358. The first kappa shape index (κ1) is 14.4. The van der Waals surface area contributed by atoms with Gasteiger partial charge in [-0.05, 0) is 25.0 Å². The fourth-order valence-corrected chi connectivity index (χ4v) is 1.71. The Morgan fingerprint density at radius 2 is 2.17 bits per heavy atom. The van der Waals surface area contributed by atoms with Crippen LogP contribution in [0.3, 0.4) is 0 Å². The summed E-state index contributed by atoms with van der Waals surface area (Å²) < 4.78 is 0. The quantitative estimate of drug-likeness (QED) is 0.796. The summed E-state index contributed by atoms with van der Waals surface area (Å²) in [7, 11) is 0. The van der Waals surface area contributed by atoms with Gasteiger partial charge < -0.3 is 10.4 Å². The first-order valence-electron chi connectivity index (χ1n) is 5.58. The average molecular weight is 271 g/mol. The number of nitrogens with one attached hydrogen (secondary N) is 1. The van der Waals surface area contributed by atoms with E-state index in [1.807, 2.05) is 0 Å². The molecule has 1 rings (SSSR count). The minimum absolute atomic E-state index is 0.0237. The molecule has 0 aromatic carbocycles. The predicted octanol–water partition coefficient (Wildman–Crippen LogP) is 1.57. The summed E-state index contributed by atoms with van der Waals surface area (Å²) in [5.74, 6) is -1.42. The largest absolute Gasteiger partial charge is 0.480 e. The number of carbonyl (C=O) groups excluding carboxylic acids is 1. The molecule has 0 bridgehead atoms. The predicted molar refractivity (Wildman–Crippen MR) is 67.5 cm³/mol. The number of pyridine rings is 1. The van der Waals surface area contributed by atoms with Gasteiger partial charge in [0.2, 0.25) is 5.91 Å². The minimum Gasteiger partial charge on any atom is -0.480 e. The molecule has 1 aromatic rings. The Labute approximate surface area is 110 Å². The Kier molecular flexibility index (Phi) is 5.09. The zero-order chi connectivity index (χ0) is 13.7. The number of carboxylic acid groups (broad SMARTS) is 1.